The van der Waals surface area contributed by atoms with Crippen molar-refractivity contribution in [2.24, 2.45) is 0 Å². The van der Waals surface area contributed by atoms with E-state index >= 15 is 0 Å². The Balaban J connectivity index is 1.67. The number of nitrogens with one attached hydrogen (secondary N) is 3. The van der Waals surface area contributed by atoms with Gasteiger partial charge in [-0.2, -0.15) is 5.10 Å². The maximum absolute atomic E-state index is 12.2. The zero-order chi connectivity index (χ0) is 16.1. The number of benzene rings is 1. The smallest absolute Gasteiger partial charge is 0.271 e. The minimum absolute atomic E-state index is 0.181. The summed E-state index contributed by atoms with van der Waals surface area (Å²) < 4.78 is 5.14. The molecule has 1 aromatic carbocycles. The van der Waals surface area contributed by atoms with Crippen LogP contribution in [-0.4, -0.2) is 22.0 Å². The van der Waals surface area contributed by atoms with Crippen LogP contribution in [0.3, 0.4) is 0 Å². The molecule has 7 nitrogen and oxygen atoms in total. The second-order valence-electron chi connectivity index (χ2n) is 4.74. The highest BCUT2D eigenvalue weighted by Gasteiger charge is 2.16. The fourth-order valence-electron chi connectivity index (χ4n) is 2.01. The number of hydrogen-bond acceptors (Lipinski definition) is 4. The molecule has 0 aliphatic heterocycles. The van der Waals surface area contributed by atoms with E-state index < -0.39 is 0 Å². The number of anilines is 1. The summed E-state index contributed by atoms with van der Waals surface area (Å²) in [6.07, 6.45) is 2.92. The Morgan fingerprint density at radius 2 is 1.91 bits per heavy atom. The molecule has 0 spiro atoms. The number of furan rings is 1. The van der Waals surface area contributed by atoms with Crippen molar-refractivity contribution < 1.29 is 14.0 Å². The lowest BCUT2D eigenvalue weighted by molar-refractivity contribution is 0.0944. The van der Waals surface area contributed by atoms with Gasteiger partial charge in [0.15, 0.2) is 0 Å². The van der Waals surface area contributed by atoms with E-state index in [-0.39, 0.29) is 24.1 Å². The van der Waals surface area contributed by atoms with Gasteiger partial charge in [0.25, 0.3) is 11.8 Å². The van der Waals surface area contributed by atoms with E-state index in [0.29, 0.717) is 17.0 Å². The molecule has 0 saturated carbocycles. The highest BCUT2D eigenvalue weighted by Crippen LogP contribution is 2.13. The zero-order valence-electron chi connectivity index (χ0n) is 12.1. The second-order valence-corrected chi connectivity index (χ2v) is 4.74. The number of carbonyl (C=O) groups excluding carboxylic acids is 2. The predicted octanol–water partition coefficient (Wildman–Crippen LogP) is 2.18. The van der Waals surface area contributed by atoms with Gasteiger partial charge in [0, 0.05) is 5.56 Å². The molecule has 0 unspecified atom stereocenters. The summed E-state index contributed by atoms with van der Waals surface area (Å²) in [5.74, 6) is -0.0675. The van der Waals surface area contributed by atoms with Crippen LogP contribution >= 0.6 is 0 Å². The molecule has 2 amide bonds. The first-order valence-corrected chi connectivity index (χ1v) is 6.94. The van der Waals surface area contributed by atoms with E-state index in [4.69, 9.17) is 4.42 Å². The van der Waals surface area contributed by atoms with Gasteiger partial charge in [-0.15, -0.1) is 0 Å². The van der Waals surface area contributed by atoms with Crippen molar-refractivity contribution in [2.45, 2.75) is 6.54 Å². The Morgan fingerprint density at radius 1 is 1.09 bits per heavy atom. The number of amides is 2. The number of aromatic nitrogens is 2. The van der Waals surface area contributed by atoms with Crippen LogP contribution < -0.4 is 10.6 Å². The number of rotatable bonds is 5. The van der Waals surface area contributed by atoms with Gasteiger partial charge in [-0.25, -0.2) is 0 Å². The molecule has 3 aromatic rings. The molecular formula is C16H14N4O3. The number of carbonyl (C=O) groups is 2. The van der Waals surface area contributed by atoms with Gasteiger partial charge < -0.3 is 15.1 Å². The van der Waals surface area contributed by atoms with Crippen molar-refractivity contribution in [1.82, 2.24) is 15.5 Å². The van der Waals surface area contributed by atoms with E-state index in [2.05, 4.69) is 20.8 Å². The summed E-state index contributed by atoms with van der Waals surface area (Å²) >= 11 is 0. The molecule has 3 rings (SSSR count). The highest BCUT2D eigenvalue weighted by atomic mass is 16.3. The van der Waals surface area contributed by atoms with Crippen LogP contribution in [0.4, 0.5) is 5.69 Å². The molecule has 2 aromatic heterocycles. The van der Waals surface area contributed by atoms with E-state index in [9.17, 15) is 9.59 Å². The Kier molecular flexibility index (Phi) is 4.19. The third-order valence-electron chi connectivity index (χ3n) is 3.15. The van der Waals surface area contributed by atoms with Crippen LogP contribution in [-0.2, 0) is 6.54 Å². The highest BCUT2D eigenvalue weighted by molar-refractivity contribution is 6.08. The first-order valence-electron chi connectivity index (χ1n) is 6.94. The van der Waals surface area contributed by atoms with Crippen molar-refractivity contribution in [3.8, 4) is 0 Å². The molecule has 23 heavy (non-hydrogen) atoms. The quantitative estimate of drug-likeness (QED) is 0.672. The molecule has 0 fully saturated rings. The Hall–Kier alpha value is -3.35. The molecule has 0 radical (unpaired) electrons. The molecule has 2 heterocycles. The monoisotopic (exact) mass is 310 g/mol. The van der Waals surface area contributed by atoms with Crippen molar-refractivity contribution in [1.29, 1.82) is 0 Å². The molecule has 0 aliphatic carbocycles. The van der Waals surface area contributed by atoms with Gasteiger partial charge in [0.05, 0.1) is 24.7 Å². The van der Waals surface area contributed by atoms with Crippen LogP contribution in [0.25, 0.3) is 0 Å². The minimum atomic E-state index is -0.387. The summed E-state index contributed by atoms with van der Waals surface area (Å²) in [5, 5.41) is 11.7. The first-order chi connectivity index (χ1) is 11.2. The lowest BCUT2D eigenvalue weighted by atomic mass is 10.2. The third-order valence-corrected chi connectivity index (χ3v) is 3.15. The van der Waals surface area contributed by atoms with E-state index in [1.165, 1.54) is 12.5 Å². The summed E-state index contributed by atoms with van der Waals surface area (Å²) in [6, 6.07) is 12.2. The Morgan fingerprint density at radius 3 is 2.65 bits per heavy atom. The molecule has 0 aliphatic rings. The summed E-state index contributed by atoms with van der Waals surface area (Å²) in [7, 11) is 0. The van der Waals surface area contributed by atoms with Crippen LogP contribution in [0.2, 0.25) is 0 Å². The molecule has 0 atom stereocenters. The largest absolute Gasteiger partial charge is 0.467 e. The SMILES string of the molecule is O=C(Nc1cn[nH]c1C(=O)NCc1ccco1)c1ccccc1. The van der Waals surface area contributed by atoms with Crippen molar-refractivity contribution >= 4 is 17.5 Å². The third kappa shape index (κ3) is 3.46. The van der Waals surface area contributed by atoms with Gasteiger partial charge >= 0.3 is 0 Å². The van der Waals surface area contributed by atoms with Crippen LogP contribution in [0.15, 0.2) is 59.3 Å². The molecule has 7 heteroatoms. The number of hydrogen-bond donors (Lipinski definition) is 3. The first kappa shape index (κ1) is 14.6. The lowest BCUT2D eigenvalue weighted by Crippen LogP contribution is -2.24. The van der Waals surface area contributed by atoms with Gasteiger partial charge in [-0.3, -0.25) is 14.7 Å². The second kappa shape index (κ2) is 6.61. The van der Waals surface area contributed by atoms with Crippen LogP contribution in [0.5, 0.6) is 0 Å². The number of nitrogens with zero attached hydrogens (tertiary/aromatic N) is 1. The predicted molar refractivity (Wildman–Crippen MR) is 82.9 cm³/mol. The average molecular weight is 310 g/mol. The summed E-state index contributed by atoms with van der Waals surface area (Å²) in [4.78, 5) is 24.3. The number of aromatic amines is 1. The molecular weight excluding hydrogens is 296 g/mol. The van der Waals surface area contributed by atoms with E-state index in [1.54, 1.807) is 36.4 Å². The zero-order valence-corrected chi connectivity index (χ0v) is 12.1. The van der Waals surface area contributed by atoms with Crippen molar-refractivity contribution in [2.75, 3.05) is 5.32 Å². The average Bonchev–Trinajstić information content (AvgIpc) is 3.25. The van der Waals surface area contributed by atoms with Gasteiger partial charge in [0.1, 0.15) is 11.5 Å². The molecule has 0 saturated heterocycles. The Labute approximate surface area is 131 Å². The van der Waals surface area contributed by atoms with Gasteiger partial charge in [0.2, 0.25) is 0 Å². The molecule has 0 bridgehead atoms. The normalized spacial score (nSPS) is 10.3. The topological polar surface area (TPSA) is 100 Å². The maximum atomic E-state index is 12.2. The van der Waals surface area contributed by atoms with Gasteiger partial charge in [-0.05, 0) is 24.3 Å². The lowest BCUT2D eigenvalue weighted by Gasteiger charge is -2.06. The molecule has 116 valence electrons. The standard InChI is InChI=1S/C16H14N4O3/c21-15(11-5-2-1-3-6-11)19-13-10-18-20-14(13)16(22)17-9-12-7-4-8-23-12/h1-8,10H,9H2,(H,17,22)(H,18,20)(H,19,21). The van der Waals surface area contributed by atoms with Crippen LogP contribution in [0, 0.1) is 0 Å². The number of H-pyrrole nitrogens is 1. The fourth-order valence-corrected chi connectivity index (χ4v) is 2.01. The minimum Gasteiger partial charge on any atom is -0.467 e. The van der Waals surface area contributed by atoms with E-state index in [1.807, 2.05) is 6.07 Å². The van der Waals surface area contributed by atoms with Gasteiger partial charge in [-0.1, -0.05) is 18.2 Å². The molecule has 3 N–H and O–H groups in total. The fraction of sp³-hybridized carbons (Fsp3) is 0.0625. The summed E-state index contributed by atoms with van der Waals surface area (Å²) in [6.45, 7) is 0.247. The van der Waals surface area contributed by atoms with Crippen molar-refractivity contribution in [3.05, 3.63) is 71.9 Å². The van der Waals surface area contributed by atoms with E-state index in [0.717, 1.165) is 0 Å². The van der Waals surface area contributed by atoms with Crippen molar-refractivity contribution in [3.63, 3.8) is 0 Å². The summed E-state index contributed by atoms with van der Waals surface area (Å²) in [5.41, 5.74) is 0.993. The Bertz CT molecular complexity index is 794. The van der Waals surface area contributed by atoms with Crippen LogP contribution in [0.1, 0.15) is 26.6 Å². The maximum Gasteiger partial charge on any atom is 0.271 e.